The van der Waals surface area contributed by atoms with Gasteiger partial charge in [-0.3, -0.25) is 0 Å². The van der Waals surface area contributed by atoms with Gasteiger partial charge in [0, 0.05) is 23.1 Å². The summed E-state index contributed by atoms with van der Waals surface area (Å²) in [7, 11) is 1.70. The van der Waals surface area contributed by atoms with Gasteiger partial charge in [0.25, 0.3) is 0 Å². The molecule has 0 saturated heterocycles. The van der Waals surface area contributed by atoms with Crippen molar-refractivity contribution in [2.75, 3.05) is 13.7 Å². The molecule has 1 fully saturated rings. The summed E-state index contributed by atoms with van der Waals surface area (Å²) in [5.41, 5.74) is 7.98. The van der Waals surface area contributed by atoms with Gasteiger partial charge in [-0.1, -0.05) is 40.0 Å². The van der Waals surface area contributed by atoms with E-state index < -0.39 is 0 Å². The van der Waals surface area contributed by atoms with Crippen LogP contribution >= 0.6 is 0 Å². The van der Waals surface area contributed by atoms with Crippen molar-refractivity contribution in [1.82, 2.24) is 0 Å². The number of phenols is 1. The van der Waals surface area contributed by atoms with Gasteiger partial charge < -0.3 is 15.6 Å². The molecule has 1 aromatic carbocycles. The minimum atomic E-state index is -0.113. The maximum atomic E-state index is 10.5. The van der Waals surface area contributed by atoms with Crippen LogP contribution in [-0.2, 0) is 10.8 Å². The molecule has 1 aliphatic carbocycles. The zero-order valence-corrected chi connectivity index (χ0v) is 13.8. The average molecular weight is 291 g/mol. The Balaban J connectivity index is 2.55. The molecule has 2 rings (SSSR count). The summed E-state index contributed by atoms with van der Waals surface area (Å²) in [6, 6.07) is 3.90. The number of methoxy groups -OCH3 is 1. The highest BCUT2D eigenvalue weighted by Crippen LogP contribution is 2.46. The van der Waals surface area contributed by atoms with E-state index in [4.69, 9.17) is 10.5 Å². The Morgan fingerprint density at radius 3 is 2.29 bits per heavy atom. The molecular weight excluding hydrogens is 262 g/mol. The number of hydrogen-bond acceptors (Lipinski definition) is 3. The van der Waals surface area contributed by atoms with Crippen LogP contribution in [0.4, 0.5) is 0 Å². The van der Waals surface area contributed by atoms with E-state index in [0.29, 0.717) is 12.3 Å². The van der Waals surface area contributed by atoms with E-state index in [9.17, 15) is 5.11 Å². The van der Waals surface area contributed by atoms with E-state index in [1.807, 2.05) is 12.1 Å². The molecule has 3 N–H and O–H groups in total. The van der Waals surface area contributed by atoms with Gasteiger partial charge in [0.05, 0.1) is 7.11 Å². The molecule has 0 spiro atoms. The molecule has 1 aromatic rings. The smallest absolute Gasteiger partial charge is 0.123 e. The molecule has 0 radical (unpaired) electrons. The van der Waals surface area contributed by atoms with Crippen LogP contribution in [0.1, 0.15) is 64.0 Å². The van der Waals surface area contributed by atoms with E-state index in [-0.39, 0.29) is 10.8 Å². The van der Waals surface area contributed by atoms with Gasteiger partial charge in [-0.25, -0.2) is 0 Å². The van der Waals surface area contributed by atoms with Crippen LogP contribution in [0.5, 0.6) is 11.5 Å². The predicted molar refractivity (Wildman–Crippen MR) is 87.2 cm³/mol. The van der Waals surface area contributed by atoms with Gasteiger partial charge >= 0.3 is 0 Å². The molecule has 0 unspecified atom stereocenters. The fourth-order valence-electron chi connectivity index (χ4n) is 3.56. The largest absolute Gasteiger partial charge is 0.508 e. The second-order valence-corrected chi connectivity index (χ2v) is 7.36. The fourth-order valence-corrected chi connectivity index (χ4v) is 3.56. The SMILES string of the molecule is COc1cc(C(C)(C)C)c(O)cc1C1(CN)CCCCC1. The monoisotopic (exact) mass is 291 g/mol. The summed E-state index contributed by atoms with van der Waals surface area (Å²) in [6.45, 7) is 6.90. The van der Waals surface area contributed by atoms with Crippen LogP contribution in [-0.4, -0.2) is 18.8 Å². The van der Waals surface area contributed by atoms with Gasteiger partial charge in [-0.15, -0.1) is 0 Å². The Hall–Kier alpha value is -1.22. The van der Waals surface area contributed by atoms with Crippen LogP contribution in [0.2, 0.25) is 0 Å². The average Bonchev–Trinajstić information content (AvgIpc) is 2.46. The quantitative estimate of drug-likeness (QED) is 0.889. The minimum absolute atomic E-state index is 0.0442. The summed E-state index contributed by atoms with van der Waals surface area (Å²) >= 11 is 0. The van der Waals surface area contributed by atoms with Gasteiger partial charge in [0.2, 0.25) is 0 Å². The molecule has 0 heterocycles. The molecule has 0 aliphatic heterocycles. The zero-order valence-electron chi connectivity index (χ0n) is 13.8. The molecular formula is C18H29NO2. The molecule has 0 aromatic heterocycles. The molecule has 0 atom stereocenters. The Bertz CT molecular complexity index is 497. The molecule has 0 bridgehead atoms. The summed E-state index contributed by atoms with van der Waals surface area (Å²) in [5.74, 6) is 1.22. The minimum Gasteiger partial charge on any atom is -0.508 e. The summed E-state index contributed by atoms with van der Waals surface area (Å²) < 4.78 is 5.65. The molecule has 118 valence electrons. The maximum absolute atomic E-state index is 10.5. The molecule has 1 aliphatic rings. The molecule has 0 amide bonds. The Kier molecular flexibility index (Phi) is 4.52. The van der Waals surface area contributed by atoms with E-state index in [2.05, 4.69) is 20.8 Å². The third-order valence-corrected chi connectivity index (χ3v) is 4.90. The Morgan fingerprint density at radius 2 is 1.81 bits per heavy atom. The van der Waals surface area contributed by atoms with Crippen molar-refractivity contribution in [2.45, 2.75) is 63.7 Å². The van der Waals surface area contributed by atoms with Crippen LogP contribution < -0.4 is 10.5 Å². The second-order valence-electron chi connectivity index (χ2n) is 7.36. The van der Waals surface area contributed by atoms with Crippen LogP contribution in [0.25, 0.3) is 0 Å². The maximum Gasteiger partial charge on any atom is 0.123 e. The first-order chi connectivity index (χ1) is 9.84. The highest BCUT2D eigenvalue weighted by Gasteiger charge is 2.36. The number of hydrogen-bond donors (Lipinski definition) is 2. The van der Waals surface area contributed by atoms with Crippen molar-refractivity contribution >= 4 is 0 Å². The van der Waals surface area contributed by atoms with Crippen molar-refractivity contribution in [3.05, 3.63) is 23.3 Å². The molecule has 21 heavy (non-hydrogen) atoms. The lowest BCUT2D eigenvalue weighted by atomic mass is 9.68. The van der Waals surface area contributed by atoms with Gasteiger partial charge in [0.15, 0.2) is 0 Å². The highest BCUT2D eigenvalue weighted by atomic mass is 16.5. The van der Waals surface area contributed by atoms with Crippen molar-refractivity contribution in [3.63, 3.8) is 0 Å². The van der Waals surface area contributed by atoms with Gasteiger partial charge in [0.1, 0.15) is 11.5 Å². The van der Waals surface area contributed by atoms with Crippen molar-refractivity contribution in [2.24, 2.45) is 5.73 Å². The van der Waals surface area contributed by atoms with E-state index in [1.165, 1.54) is 19.3 Å². The number of ether oxygens (including phenoxy) is 1. The molecule has 3 nitrogen and oxygen atoms in total. The topological polar surface area (TPSA) is 55.5 Å². The normalized spacial score (nSPS) is 18.5. The number of aromatic hydroxyl groups is 1. The number of rotatable bonds is 3. The lowest BCUT2D eigenvalue weighted by Crippen LogP contribution is -2.37. The third kappa shape index (κ3) is 3.03. The first-order valence-corrected chi connectivity index (χ1v) is 7.96. The van der Waals surface area contributed by atoms with Crippen LogP contribution in [0.15, 0.2) is 12.1 Å². The van der Waals surface area contributed by atoms with Crippen LogP contribution in [0, 0.1) is 0 Å². The lowest BCUT2D eigenvalue weighted by molar-refractivity contribution is 0.286. The zero-order chi connectivity index (χ0) is 15.7. The van der Waals surface area contributed by atoms with E-state index in [1.54, 1.807) is 7.11 Å². The van der Waals surface area contributed by atoms with Crippen molar-refractivity contribution in [1.29, 1.82) is 0 Å². The molecule has 1 saturated carbocycles. The third-order valence-electron chi connectivity index (χ3n) is 4.90. The fraction of sp³-hybridized carbons (Fsp3) is 0.667. The summed E-state index contributed by atoms with van der Waals surface area (Å²) in [4.78, 5) is 0. The Morgan fingerprint density at radius 1 is 1.19 bits per heavy atom. The van der Waals surface area contributed by atoms with E-state index >= 15 is 0 Å². The Labute approximate surface area is 128 Å². The van der Waals surface area contributed by atoms with Crippen LogP contribution in [0.3, 0.4) is 0 Å². The standard InChI is InChI=1S/C18H29NO2/c1-17(2,3)13-11-16(21-4)14(10-15(13)20)18(12-19)8-6-5-7-9-18/h10-11,20H,5-9,12,19H2,1-4H3. The number of nitrogens with two attached hydrogens (primary N) is 1. The summed E-state index contributed by atoms with van der Waals surface area (Å²) in [6.07, 6.45) is 5.82. The van der Waals surface area contributed by atoms with Gasteiger partial charge in [-0.2, -0.15) is 0 Å². The van der Waals surface area contributed by atoms with Crippen molar-refractivity contribution in [3.8, 4) is 11.5 Å². The van der Waals surface area contributed by atoms with E-state index in [0.717, 1.165) is 29.7 Å². The first kappa shape index (κ1) is 16.2. The second kappa shape index (κ2) is 5.88. The van der Waals surface area contributed by atoms with Crippen molar-refractivity contribution < 1.29 is 9.84 Å². The lowest BCUT2D eigenvalue weighted by Gasteiger charge is -2.38. The highest BCUT2D eigenvalue weighted by molar-refractivity contribution is 5.52. The predicted octanol–water partition coefficient (Wildman–Crippen LogP) is 3.86. The summed E-state index contributed by atoms with van der Waals surface area (Å²) in [5, 5.41) is 10.5. The molecule has 3 heteroatoms. The first-order valence-electron chi connectivity index (χ1n) is 7.96. The van der Waals surface area contributed by atoms with Gasteiger partial charge in [-0.05, 0) is 30.4 Å². The number of phenolic OH excluding ortho intramolecular Hbond substituents is 1. The number of benzene rings is 1.